The molecule has 0 atom stereocenters. The Hall–Kier alpha value is -3.70. The van der Waals surface area contributed by atoms with Gasteiger partial charge in [0.25, 0.3) is 5.91 Å². The number of aryl methyl sites for hydroxylation is 1. The first-order valence-electron chi connectivity index (χ1n) is 11.4. The summed E-state index contributed by atoms with van der Waals surface area (Å²) in [6.07, 6.45) is 4.35. The van der Waals surface area contributed by atoms with Crippen LogP contribution in [0.2, 0.25) is 0 Å². The predicted molar refractivity (Wildman–Crippen MR) is 132 cm³/mol. The summed E-state index contributed by atoms with van der Waals surface area (Å²) in [4.78, 5) is 22.6. The molecule has 1 amide bonds. The molecule has 0 spiro atoms. The number of piperazine rings is 1. The second kappa shape index (κ2) is 9.43. The number of fused-ring (bicyclic) bond motifs is 1. The highest BCUT2D eigenvalue weighted by Crippen LogP contribution is 2.27. The molecule has 0 bridgehead atoms. The molecule has 5 rings (SSSR count). The van der Waals surface area contributed by atoms with Gasteiger partial charge in [-0.3, -0.25) is 9.69 Å². The Morgan fingerprint density at radius 3 is 2.48 bits per heavy atom. The van der Waals surface area contributed by atoms with Crippen LogP contribution < -0.4 is 0 Å². The zero-order valence-corrected chi connectivity index (χ0v) is 18.8. The first-order valence-corrected chi connectivity index (χ1v) is 11.4. The van der Waals surface area contributed by atoms with Crippen LogP contribution >= 0.6 is 0 Å². The molecule has 1 saturated heterocycles. The average molecular weight is 438 g/mol. The fourth-order valence-electron chi connectivity index (χ4n) is 4.26. The van der Waals surface area contributed by atoms with E-state index in [4.69, 9.17) is 9.40 Å². The van der Waals surface area contributed by atoms with Crippen molar-refractivity contribution >= 4 is 22.9 Å². The molecule has 1 aliphatic rings. The zero-order chi connectivity index (χ0) is 22.6. The Kier molecular flexibility index (Phi) is 6.05. The van der Waals surface area contributed by atoms with E-state index in [0.29, 0.717) is 30.1 Å². The molecule has 4 aromatic rings. The second-order valence-corrected chi connectivity index (χ2v) is 8.39. The van der Waals surface area contributed by atoms with Crippen molar-refractivity contribution in [1.29, 1.82) is 0 Å². The lowest BCUT2D eigenvalue weighted by Crippen LogP contribution is -2.48. The number of furan rings is 1. The van der Waals surface area contributed by atoms with Crippen LogP contribution in [-0.4, -0.2) is 53.4 Å². The van der Waals surface area contributed by atoms with Gasteiger partial charge in [-0.15, -0.1) is 0 Å². The van der Waals surface area contributed by atoms with Gasteiger partial charge in [-0.05, 0) is 36.8 Å². The van der Waals surface area contributed by atoms with Crippen LogP contribution in [0.25, 0.3) is 28.4 Å². The monoisotopic (exact) mass is 437 g/mol. The van der Waals surface area contributed by atoms with E-state index >= 15 is 0 Å². The predicted octanol–water partition coefficient (Wildman–Crippen LogP) is 5.27. The second-order valence-electron chi connectivity index (χ2n) is 8.39. The van der Waals surface area contributed by atoms with Crippen LogP contribution in [0.3, 0.4) is 0 Å². The minimum absolute atomic E-state index is 0.0533. The van der Waals surface area contributed by atoms with E-state index in [0.717, 1.165) is 36.3 Å². The van der Waals surface area contributed by atoms with Crippen LogP contribution in [0.1, 0.15) is 21.7 Å². The molecule has 1 aliphatic heterocycles. The fourth-order valence-corrected chi connectivity index (χ4v) is 4.26. The molecule has 0 unspecified atom stereocenters. The Bertz CT molecular complexity index is 1290. The molecule has 2 aromatic heterocycles. The smallest absolute Gasteiger partial charge is 0.254 e. The van der Waals surface area contributed by atoms with Crippen molar-refractivity contribution in [3.63, 3.8) is 0 Å². The molecule has 0 saturated carbocycles. The molecule has 33 heavy (non-hydrogen) atoms. The lowest BCUT2D eigenvalue weighted by molar-refractivity contribution is 0.0652. The summed E-state index contributed by atoms with van der Waals surface area (Å²) >= 11 is 0. The van der Waals surface area contributed by atoms with E-state index in [2.05, 4.69) is 29.2 Å². The minimum atomic E-state index is 0.0533. The largest absolute Gasteiger partial charge is 0.460 e. The number of amides is 1. The van der Waals surface area contributed by atoms with Gasteiger partial charge in [-0.1, -0.05) is 60.7 Å². The summed E-state index contributed by atoms with van der Waals surface area (Å²) in [5.41, 5.74) is 3.38. The van der Waals surface area contributed by atoms with Gasteiger partial charge in [0.15, 0.2) is 5.76 Å². The Morgan fingerprint density at radius 2 is 1.73 bits per heavy atom. The maximum Gasteiger partial charge on any atom is 0.254 e. The maximum absolute atomic E-state index is 13.5. The van der Waals surface area contributed by atoms with Gasteiger partial charge in [0.1, 0.15) is 11.5 Å². The number of carbonyl (C=O) groups excluding carboxylic acids is 1. The first-order chi connectivity index (χ1) is 16.2. The van der Waals surface area contributed by atoms with Crippen molar-refractivity contribution in [3.05, 3.63) is 95.8 Å². The SMILES string of the molecule is Cc1ccc(-c2cc(C(=O)N3CCN(C/C=C\c4ccccc4)CC3)c3ccccc3n2)o1. The Morgan fingerprint density at radius 1 is 0.970 bits per heavy atom. The number of carbonyl (C=O) groups is 1. The van der Waals surface area contributed by atoms with Gasteiger partial charge < -0.3 is 9.32 Å². The van der Waals surface area contributed by atoms with Crippen LogP contribution in [0.15, 0.2) is 83.3 Å². The quantitative estimate of drug-likeness (QED) is 0.427. The number of pyridine rings is 1. The first kappa shape index (κ1) is 21.2. The third-order valence-electron chi connectivity index (χ3n) is 6.07. The van der Waals surface area contributed by atoms with E-state index in [1.54, 1.807) is 0 Å². The van der Waals surface area contributed by atoms with Crippen LogP contribution in [0, 0.1) is 6.92 Å². The lowest BCUT2D eigenvalue weighted by atomic mass is 10.0. The van der Waals surface area contributed by atoms with Gasteiger partial charge in [-0.25, -0.2) is 4.98 Å². The summed E-state index contributed by atoms with van der Waals surface area (Å²) < 4.78 is 5.78. The molecule has 0 radical (unpaired) electrons. The maximum atomic E-state index is 13.5. The van der Waals surface area contributed by atoms with Crippen molar-refractivity contribution in [2.24, 2.45) is 0 Å². The van der Waals surface area contributed by atoms with E-state index in [1.807, 2.05) is 72.5 Å². The third-order valence-corrected chi connectivity index (χ3v) is 6.07. The van der Waals surface area contributed by atoms with Crippen LogP contribution in [0.5, 0.6) is 0 Å². The number of nitrogens with zero attached hydrogens (tertiary/aromatic N) is 3. The molecular weight excluding hydrogens is 410 g/mol. The number of para-hydroxylation sites is 1. The summed E-state index contributed by atoms with van der Waals surface area (Å²) in [6.45, 7) is 5.94. The summed E-state index contributed by atoms with van der Waals surface area (Å²) in [7, 11) is 0. The molecule has 1 fully saturated rings. The number of aromatic nitrogens is 1. The normalized spacial score (nSPS) is 14.9. The van der Waals surface area contributed by atoms with Gasteiger partial charge in [0.2, 0.25) is 0 Å². The van der Waals surface area contributed by atoms with Gasteiger partial charge in [0, 0.05) is 38.1 Å². The molecular formula is C28H27N3O2. The van der Waals surface area contributed by atoms with E-state index < -0.39 is 0 Å². The van der Waals surface area contributed by atoms with Crippen molar-refractivity contribution in [3.8, 4) is 11.5 Å². The molecule has 5 nitrogen and oxygen atoms in total. The number of hydrogen-bond acceptors (Lipinski definition) is 4. The molecule has 0 N–H and O–H groups in total. The van der Waals surface area contributed by atoms with E-state index in [-0.39, 0.29) is 5.91 Å². The number of rotatable bonds is 5. The van der Waals surface area contributed by atoms with Gasteiger partial charge in [0.05, 0.1) is 11.1 Å². The third kappa shape index (κ3) is 4.73. The minimum Gasteiger partial charge on any atom is -0.460 e. The van der Waals surface area contributed by atoms with Crippen molar-refractivity contribution in [2.75, 3.05) is 32.7 Å². The average Bonchev–Trinajstić information content (AvgIpc) is 3.30. The van der Waals surface area contributed by atoms with E-state index in [1.165, 1.54) is 5.56 Å². The van der Waals surface area contributed by atoms with Crippen molar-refractivity contribution in [2.45, 2.75) is 6.92 Å². The molecule has 3 heterocycles. The summed E-state index contributed by atoms with van der Waals surface area (Å²) in [6, 6.07) is 23.8. The summed E-state index contributed by atoms with van der Waals surface area (Å²) in [5, 5.41) is 0.878. The number of benzene rings is 2. The Balaban J connectivity index is 1.31. The zero-order valence-electron chi connectivity index (χ0n) is 18.8. The van der Waals surface area contributed by atoms with Gasteiger partial charge in [-0.2, -0.15) is 0 Å². The van der Waals surface area contributed by atoms with Crippen molar-refractivity contribution in [1.82, 2.24) is 14.8 Å². The number of hydrogen-bond donors (Lipinski definition) is 0. The molecule has 5 heteroatoms. The topological polar surface area (TPSA) is 49.6 Å². The standard InChI is InChI=1S/C28H27N3O2/c1-21-13-14-27(33-21)26-20-24(23-11-5-6-12-25(23)29-26)28(32)31-18-16-30(17-19-31)15-7-10-22-8-3-2-4-9-22/h2-14,20H,15-19H2,1H3/b10-7-. The highest BCUT2D eigenvalue weighted by atomic mass is 16.3. The van der Waals surface area contributed by atoms with Crippen LogP contribution in [-0.2, 0) is 0 Å². The fraction of sp³-hybridized carbons (Fsp3) is 0.214. The summed E-state index contributed by atoms with van der Waals surface area (Å²) in [5.74, 6) is 1.56. The highest BCUT2D eigenvalue weighted by molar-refractivity contribution is 6.07. The Labute approximate surface area is 194 Å². The lowest BCUT2D eigenvalue weighted by Gasteiger charge is -2.34. The van der Waals surface area contributed by atoms with Gasteiger partial charge >= 0.3 is 0 Å². The highest BCUT2D eigenvalue weighted by Gasteiger charge is 2.24. The van der Waals surface area contributed by atoms with E-state index in [9.17, 15) is 4.79 Å². The molecule has 0 aliphatic carbocycles. The van der Waals surface area contributed by atoms with Crippen molar-refractivity contribution < 1.29 is 9.21 Å². The van der Waals surface area contributed by atoms with Crippen LogP contribution in [0.4, 0.5) is 0 Å². The molecule has 166 valence electrons. The molecule has 2 aromatic carbocycles.